The number of pyridine rings is 1. The van der Waals surface area contributed by atoms with Crippen LogP contribution in [0.1, 0.15) is 17.8 Å². The van der Waals surface area contributed by atoms with Crippen molar-refractivity contribution >= 4 is 45.0 Å². The van der Waals surface area contributed by atoms with Crippen LogP contribution in [0.25, 0.3) is 33.4 Å². The summed E-state index contributed by atoms with van der Waals surface area (Å²) >= 11 is 6.53. The van der Waals surface area contributed by atoms with Gasteiger partial charge >= 0.3 is 0 Å². The van der Waals surface area contributed by atoms with Crippen LogP contribution in [0.4, 0.5) is 0 Å². The van der Waals surface area contributed by atoms with E-state index in [1.165, 1.54) is 22.0 Å². The van der Waals surface area contributed by atoms with Gasteiger partial charge < -0.3 is 0 Å². The van der Waals surface area contributed by atoms with Crippen molar-refractivity contribution in [1.82, 2.24) is 9.38 Å². The minimum absolute atomic E-state index is 0.763. The second-order valence-corrected chi connectivity index (χ2v) is 6.13. The number of fused-ring (bicyclic) bond motifs is 8. The predicted octanol–water partition coefficient (Wildman–Crippen LogP) is 5.25. The number of allylic oxidation sites excluding steroid dienone is 1. The third kappa shape index (κ3) is 1.48. The maximum Gasteiger partial charge on any atom is 0.147 e. The van der Waals surface area contributed by atoms with Gasteiger partial charge in [-0.1, -0.05) is 48.0 Å². The van der Waals surface area contributed by atoms with Gasteiger partial charge in [-0.2, -0.15) is 0 Å². The first-order valence-electron chi connectivity index (χ1n) is 7.51. The first-order chi connectivity index (χ1) is 10.8. The van der Waals surface area contributed by atoms with Crippen LogP contribution < -0.4 is 0 Å². The molecule has 106 valence electrons. The summed E-state index contributed by atoms with van der Waals surface area (Å²) < 4.78 is 2.29. The summed E-state index contributed by atoms with van der Waals surface area (Å²) in [6, 6.07) is 14.6. The first kappa shape index (κ1) is 12.2. The molecule has 0 unspecified atom stereocenters. The van der Waals surface area contributed by atoms with Crippen LogP contribution in [0.15, 0.2) is 48.5 Å². The molecule has 0 amide bonds. The van der Waals surface area contributed by atoms with Crippen molar-refractivity contribution in [2.45, 2.75) is 12.8 Å². The smallest absolute Gasteiger partial charge is 0.147 e. The standard InChI is InChI=1S/C19H13ClN2/c20-14-8-5-7-13-12-6-1-3-10-16(12)22-17-11-4-2-9-15(17)21-19(22)18(13)14/h1-3,5-10H,4,11H2. The fourth-order valence-corrected chi connectivity index (χ4v) is 3.82. The first-order valence-corrected chi connectivity index (χ1v) is 7.89. The van der Waals surface area contributed by atoms with E-state index in [0.29, 0.717) is 0 Å². The molecule has 2 nitrogen and oxygen atoms in total. The Kier molecular flexibility index (Phi) is 2.42. The largest absolute Gasteiger partial charge is 0.295 e. The zero-order chi connectivity index (χ0) is 14.7. The molecule has 0 atom stereocenters. The van der Waals surface area contributed by atoms with Crippen molar-refractivity contribution in [3.8, 4) is 0 Å². The number of halogens is 1. The molecule has 22 heavy (non-hydrogen) atoms. The molecule has 2 aromatic carbocycles. The Morgan fingerprint density at radius 2 is 1.86 bits per heavy atom. The van der Waals surface area contributed by atoms with Gasteiger partial charge in [0, 0.05) is 10.8 Å². The zero-order valence-electron chi connectivity index (χ0n) is 11.9. The van der Waals surface area contributed by atoms with Crippen molar-refractivity contribution in [3.05, 3.63) is 65.0 Å². The molecular formula is C19H13ClN2. The Morgan fingerprint density at radius 1 is 1.00 bits per heavy atom. The second-order valence-electron chi connectivity index (χ2n) is 5.72. The SMILES string of the molecule is Clc1cccc2c3ccccc3n3c4c(nc3c12)C=CCC4. The number of aromatic nitrogens is 2. The summed E-state index contributed by atoms with van der Waals surface area (Å²) in [5.74, 6) is 0. The van der Waals surface area contributed by atoms with Gasteiger partial charge in [-0.05, 0) is 36.4 Å². The number of benzene rings is 2. The number of rotatable bonds is 0. The Morgan fingerprint density at radius 3 is 2.82 bits per heavy atom. The highest BCUT2D eigenvalue weighted by Gasteiger charge is 2.18. The molecular weight excluding hydrogens is 292 g/mol. The van der Waals surface area contributed by atoms with Crippen LogP contribution in [0, 0.1) is 0 Å². The molecule has 1 aliphatic carbocycles. The van der Waals surface area contributed by atoms with Gasteiger partial charge in [0.1, 0.15) is 5.65 Å². The zero-order valence-corrected chi connectivity index (χ0v) is 12.6. The maximum absolute atomic E-state index is 6.53. The summed E-state index contributed by atoms with van der Waals surface area (Å²) in [6.07, 6.45) is 6.41. The molecule has 0 radical (unpaired) electrons. The van der Waals surface area contributed by atoms with E-state index >= 15 is 0 Å². The van der Waals surface area contributed by atoms with Gasteiger partial charge in [0.05, 0.1) is 21.9 Å². The highest BCUT2D eigenvalue weighted by molar-refractivity contribution is 6.38. The Bertz CT molecular complexity index is 1090. The van der Waals surface area contributed by atoms with E-state index < -0.39 is 0 Å². The maximum atomic E-state index is 6.53. The van der Waals surface area contributed by atoms with E-state index in [1.54, 1.807) is 0 Å². The average molecular weight is 305 g/mol. The number of hydrogen-bond donors (Lipinski definition) is 0. The van der Waals surface area contributed by atoms with Crippen molar-refractivity contribution in [3.63, 3.8) is 0 Å². The van der Waals surface area contributed by atoms with Crippen LogP contribution in [-0.4, -0.2) is 9.38 Å². The van der Waals surface area contributed by atoms with Gasteiger partial charge in [-0.15, -0.1) is 0 Å². The summed E-state index contributed by atoms with van der Waals surface area (Å²) in [5, 5.41) is 4.20. The third-order valence-electron chi connectivity index (χ3n) is 4.50. The van der Waals surface area contributed by atoms with Gasteiger partial charge in [0.2, 0.25) is 0 Å². The molecule has 0 fully saturated rings. The molecule has 0 aliphatic heterocycles. The van der Waals surface area contributed by atoms with Crippen molar-refractivity contribution in [2.24, 2.45) is 0 Å². The van der Waals surface area contributed by atoms with E-state index in [2.05, 4.69) is 46.9 Å². The monoisotopic (exact) mass is 304 g/mol. The second kappa shape index (κ2) is 4.34. The van der Waals surface area contributed by atoms with Crippen LogP contribution in [0.2, 0.25) is 5.02 Å². The summed E-state index contributed by atoms with van der Waals surface area (Å²) in [4.78, 5) is 4.88. The minimum atomic E-state index is 0.763. The Balaban J connectivity index is 2.17. The molecule has 2 heterocycles. The van der Waals surface area contributed by atoms with E-state index in [1.807, 2.05) is 12.1 Å². The molecule has 2 aromatic heterocycles. The molecule has 0 spiro atoms. The van der Waals surface area contributed by atoms with E-state index in [9.17, 15) is 0 Å². The topological polar surface area (TPSA) is 17.3 Å². The molecule has 1 aliphatic rings. The third-order valence-corrected chi connectivity index (χ3v) is 4.81. The lowest BCUT2D eigenvalue weighted by Gasteiger charge is -2.12. The summed E-state index contributed by atoms with van der Waals surface area (Å²) in [7, 11) is 0. The van der Waals surface area contributed by atoms with Crippen molar-refractivity contribution in [1.29, 1.82) is 0 Å². The predicted molar refractivity (Wildman–Crippen MR) is 92.6 cm³/mol. The Labute approximate surface area is 132 Å². The molecule has 0 bridgehead atoms. The molecule has 0 saturated heterocycles. The number of para-hydroxylation sites is 1. The van der Waals surface area contributed by atoms with E-state index in [4.69, 9.17) is 16.6 Å². The molecule has 4 aromatic rings. The van der Waals surface area contributed by atoms with Gasteiger partial charge in [-0.25, -0.2) is 4.98 Å². The normalized spacial score (nSPS) is 14.0. The van der Waals surface area contributed by atoms with Crippen LogP contribution >= 0.6 is 11.6 Å². The molecule has 5 rings (SSSR count). The van der Waals surface area contributed by atoms with Gasteiger partial charge in [0.25, 0.3) is 0 Å². The number of hydrogen-bond acceptors (Lipinski definition) is 1. The van der Waals surface area contributed by atoms with Gasteiger partial charge in [0.15, 0.2) is 0 Å². The minimum Gasteiger partial charge on any atom is -0.295 e. The fourth-order valence-electron chi connectivity index (χ4n) is 3.56. The number of imidazole rings is 1. The quantitative estimate of drug-likeness (QED) is 0.405. The number of nitrogens with zero attached hydrogens (tertiary/aromatic N) is 2. The number of aryl methyl sites for hydroxylation is 1. The van der Waals surface area contributed by atoms with E-state index in [-0.39, 0.29) is 0 Å². The summed E-state index contributed by atoms with van der Waals surface area (Å²) in [6.45, 7) is 0. The van der Waals surface area contributed by atoms with Crippen LogP contribution in [-0.2, 0) is 6.42 Å². The van der Waals surface area contributed by atoms with E-state index in [0.717, 1.165) is 34.6 Å². The van der Waals surface area contributed by atoms with Crippen LogP contribution in [0.5, 0.6) is 0 Å². The average Bonchev–Trinajstić information content (AvgIpc) is 2.94. The fraction of sp³-hybridized carbons (Fsp3) is 0.105. The van der Waals surface area contributed by atoms with Crippen molar-refractivity contribution in [2.75, 3.05) is 0 Å². The highest BCUT2D eigenvalue weighted by Crippen LogP contribution is 2.36. The lowest BCUT2D eigenvalue weighted by atomic mass is 10.0. The molecule has 0 saturated carbocycles. The molecule has 0 N–H and O–H groups in total. The van der Waals surface area contributed by atoms with Crippen LogP contribution in [0.3, 0.4) is 0 Å². The Hall–Kier alpha value is -2.32. The summed E-state index contributed by atoms with van der Waals surface area (Å²) in [5.41, 5.74) is 4.53. The lowest BCUT2D eigenvalue weighted by molar-refractivity contribution is 0.921. The lowest BCUT2D eigenvalue weighted by Crippen LogP contribution is -1.99. The van der Waals surface area contributed by atoms with Gasteiger partial charge in [-0.3, -0.25) is 4.40 Å². The highest BCUT2D eigenvalue weighted by atomic mass is 35.5. The molecule has 3 heteroatoms. The van der Waals surface area contributed by atoms with Crippen molar-refractivity contribution < 1.29 is 0 Å².